The Balaban J connectivity index is 1.98. The van der Waals surface area contributed by atoms with Gasteiger partial charge in [-0.05, 0) is 30.2 Å². The third-order valence-electron chi connectivity index (χ3n) is 4.45. The minimum atomic E-state index is -0.359. The Labute approximate surface area is 153 Å². The summed E-state index contributed by atoms with van der Waals surface area (Å²) in [7, 11) is 0. The van der Waals surface area contributed by atoms with E-state index in [-0.39, 0.29) is 17.2 Å². The number of nitrogens with zero attached hydrogens (tertiary/aromatic N) is 3. The highest BCUT2D eigenvalue weighted by Gasteiger charge is 2.19. The molecule has 4 rings (SSSR count). The maximum Gasteiger partial charge on any atom is 0.330 e. The number of hydrogen-bond acceptors (Lipinski definition) is 5. The summed E-state index contributed by atoms with van der Waals surface area (Å²) in [5.74, 6) is 0.425. The molecule has 0 saturated carbocycles. The molecule has 0 aliphatic rings. The van der Waals surface area contributed by atoms with E-state index >= 15 is 0 Å². The Morgan fingerprint density at radius 3 is 2.67 bits per heavy atom. The Morgan fingerprint density at radius 2 is 1.93 bits per heavy atom. The van der Waals surface area contributed by atoms with Crippen LogP contribution in [0.1, 0.15) is 12.5 Å². The molecule has 0 saturated heterocycles. The van der Waals surface area contributed by atoms with Gasteiger partial charge in [-0.15, -0.1) is 0 Å². The Morgan fingerprint density at radius 1 is 1.11 bits per heavy atom. The minimum absolute atomic E-state index is 0.0187. The average molecular weight is 363 g/mol. The molecule has 0 unspecified atom stereocenters. The van der Waals surface area contributed by atoms with Crippen LogP contribution < -0.4 is 5.69 Å². The van der Waals surface area contributed by atoms with Gasteiger partial charge in [-0.25, -0.2) is 9.78 Å². The molecule has 27 heavy (non-hydrogen) atoms. The fraction of sp³-hybridized carbons (Fsp3) is 0.105. The lowest BCUT2D eigenvalue weighted by Gasteiger charge is -2.13. The molecule has 0 spiro atoms. The number of aromatic hydroxyl groups is 2. The molecular formula is C19H17N5O3. The fourth-order valence-electron chi connectivity index (χ4n) is 3.12. The molecule has 8 nitrogen and oxygen atoms in total. The number of phenolic OH excluding ortho intramolecular Hbond substituents is 2. The van der Waals surface area contributed by atoms with Gasteiger partial charge >= 0.3 is 5.69 Å². The first kappa shape index (κ1) is 16.6. The number of nitrogens with one attached hydrogen (secondary N) is 2. The number of H-pyrrole nitrogens is 2. The second-order valence-electron chi connectivity index (χ2n) is 6.02. The summed E-state index contributed by atoms with van der Waals surface area (Å²) in [6.07, 6.45) is 3.51. The summed E-state index contributed by atoms with van der Waals surface area (Å²) in [5, 5.41) is 27.0. The van der Waals surface area contributed by atoms with Crippen molar-refractivity contribution in [2.45, 2.75) is 13.3 Å². The third kappa shape index (κ3) is 2.77. The van der Waals surface area contributed by atoms with E-state index < -0.39 is 0 Å². The number of hydrogen-bond donors (Lipinski definition) is 4. The zero-order chi connectivity index (χ0) is 19.0. The number of rotatable bonds is 4. The SMILES string of the molecule is CCc1cc(-c2c[nH]c(=O)n2-c2ccccc2-c2ncn[nH]2)c(O)cc1O. The molecule has 2 aromatic heterocycles. The standard InChI is InChI=1S/C19H17N5O3/c1-2-11-7-13(17(26)8-16(11)25)15-9-20-19(27)24(15)14-6-4-3-5-12(14)18-21-10-22-23-18/h3-10,25-26H,2H2,1H3,(H,20,27)(H,21,22,23). The van der Waals surface area contributed by atoms with Crippen LogP contribution in [0.15, 0.2) is 53.7 Å². The highest BCUT2D eigenvalue weighted by molar-refractivity contribution is 5.74. The van der Waals surface area contributed by atoms with Crippen molar-refractivity contribution in [1.82, 2.24) is 24.7 Å². The second kappa shape index (κ2) is 6.49. The number of aryl methyl sites for hydroxylation is 1. The Bertz CT molecular complexity index is 1160. The maximum absolute atomic E-state index is 12.6. The fourth-order valence-corrected chi connectivity index (χ4v) is 3.12. The predicted octanol–water partition coefficient (Wildman–Crippen LogP) is 2.59. The van der Waals surface area contributed by atoms with E-state index in [4.69, 9.17) is 0 Å². The zero-order valence-corrected chi connectivity index (χ0v) is 14.5. The highest BCUT2D eigenvalue weighted by Crippen LogP contribution is 2.36. The van der Waals surface area contributed by atoms with Gasteiger partial charge in [0.2, 0.25) is 0 Å². The van der Waals surface area contributed by atoms with Crippen LogP contribution in [0.2, 0.25) is 0 Å². The van der Waals surface area contributed by atoms with Gasteiger partial charge < -0.3 is 15.2 Å². The molecule has 0 aliphatic heterocycles. The van der Waals surface area contributed by atoms with Gasteiger partial charge in [0, 0.05) is 23.4 Å². The highest BCUT2D eigenvalue weighted by atomic mass is 16.3. The van der Waals surface area contributed by atoms with Crippen molar-refractivity contribution >= 4 is 0 Å². The molecule has 2 aromatic carbocycles. The third-order valence-corrected chi connectivity index (χ3v) is 4.45. The van der Waals surface area contributed by atoms with E-state index in [2.05, 4.69) is 20.2 Å². The lowest BCUT2D eigenvalue weighted by Crippen LogP contribution is -2.16. The summed E-state index contributed by atoms with van der Waals surface area (Å²) in [4.78, 5) is 19.4. The van der Waals surface area contributed by atoms with Crippen molar-refractivity contribution in [3.63, 3.8) is 0 Å². The van der Waals surface area contributed by atoms with E-state index in [1.54, 1.807) is 12.1 Å². The van der Waals surface area contributed by atoms with E-state index in [1.165, 1.54) is 23.2 Å². The zero-order valence-electron chi connectivity index (χ0n) is 14.5. The topological polar surface area (TPSA) is 120 Å². The number of aromatic nitrogens is 5. The number of aromatic amines is 2. The number of phenols is 2. The normalized spacial score (nSPS) is 11.0. The number of imidazole rings is 1. The van der Waals surface area contributed by atoms with E-state index in [1.807, 2.05) is 25.1 Å². The largest absolute Gasteiger partial charge is 0.508 e. The van der Waals surface area contributed by atoms with Crippen LogP contribution in [0.25, 0.3) is 28.3 Å². The van der Waals surface area contributed by atoms with Crippen molar-refractivity contribution in [3.05, 3.63) is 65.0 Å². The molecule has 0 bridgehead atoms. The van der Waals surface area contributed by atoms with E-state index in [9.17, 15) is 15.0 Å². The quantitative estimate of drug-likeness (QED) is 0.444. The van der Waals surface area contributed by atoms with E-state index in [0.717, 1.165) is 0 Å². The first-order valence-electron chi connectivity index (χ1n) is 8.41. The molecule has 0 amide bonds. The molecule has 4 N–H and O–H groups in total. The lowest BCUT2D eigenvalue weighted by atomic mass is 10.0. The smallest absolute Gasteiger partial charge is 0.330 e. The number of benzene rings is 2. The first-order valence-corrected chi connectivity index (χ1v) is 8.41. The van der Waals surface area contributed by atoms with Gasteiger partial charge in [0.25, 0.3) is 0 Å². The maximum atomic E-state index is 12.6. The van der Waals surface area contributed by atoms with Gasteiger partial charge in [0.1, 0.15) is 17.8 Å². The molecule has 0 aliphatic carbocycles. The van der Waals surface area contributed by atoms with Crippen LogP contribution >= 0.6 is 0 Å². The average Bonchev–Trinajstić information content (AvgIpc) is 3.32. The second-order valence-corrected chi connectivity index (χ2v) is 6.02. The van der Waals surface area contributed by atoms with Gasteiger partial charge in [-0.3, -0.25) is 9.67 Å². The summed E-state index contributed by atoms with van der Waals surface area (Å²) in [6.45, 7) is 1.90. The molecule has 0 atom stereocenters. The van der Waals surface area contributed by atoms with Crippen molar-refractivity contribution in [2.75, 3.05) is 0 Å². The Hall–Kier alpha value is -3.81. The van der Waals surface area contributed by atoms with Gasteiger partial charge in [-0.2, -0.15) is 5.10 Å². The summed E-state index contributed by atoms with van der Waals surface area (Å²) in [6, 6.07) is 10.2. The molecule has 0 radical (unpaired) electrons. The van der Waals surface area contributed by atoms with Crippen LogP contribution in [0.4, 0.5) is 0 Å². The summed E-state index contributed by atoms with van der Waals surface area (Å²) in [5.41, 5.74) is 2.50. The lowest BCUT2D eigenvalue weighted by molar-refractivity contribution is 0.447. The van der Waals surface area contributed by atoms with Crippen molar-refractivity contribution in [1.29, 1.82) is 0 Å². The van der Waals surface area contributed by atoms with Gasteiger partial charge in [0.05, 0.1) is 11.4 Å². The molecule has 0 fully saturated rings. The van der Waals surface area contributed by atoms with Crippen molar-refractivity contribution in [3.8, 4) is 39.8 Å². The van der Waals surface area contributed by atoms with Gasteiger partial charge in [-0.1, -0.05) is 19.1 Å². The van der Waals surface area contributed by atoms with Gasteiger partial charge in [0.15, 0.2) is 5.82 Å². The summed E-state index contributed by atoms with van der Waals surface area (Å²) < 4.78 is 1.46. The summed E-state index contributed by atoms with van der Waals surface area (Å²) >= 11 is 0. The first-order chi connectivity index (χ1) is 13.1. The minimum Gasteiger partial charge on any atom is -0.508 e. The Kier molecular flexibility index (Phi) is 4.00. The molecule has 2 heterocycles. The van der Waals surface area contributed by atoms with Crippen LogP contribution in [0.3, 0.4) is 0 Å². The van der Waals surface area contributed by atoms with Crippen LogP contribution in [0.5, 0.6) is 11.5 Å². The van der Waals surface area contributed by atoms with Crippen LogP contribution in [0, 0.1) is 0 Å². The van der Waals surface area contributed by atoms with E-state index in [0.29, 0.717) is 40.3 Å². The van der Waals surface area contributed by atoms with Crippen LogP contribution in [-0.4, -0.2) is 34.9 Å². The van der Waals surface area contributed by atoms with Crippen molar-refractivity contribution < 1.29 is 10.2 Å². The van der Waals surface area contributed by atoms with Crippen molar-refractivity contribution in [2.24, 2.45) is 0 Å². The molecule has 8 heteroatoms. The van der Waals surface area contributed by atoms with Crippen LogP contribution in [-0.2, 0) is 6.42 Å². The molecule has 136 valence electrons. The number of para-hydroxylation sites is 1. The molecular weight excluding hydrogens is 346 g/mol. The predicted molar refractivity (Wildman–Crippen MR) is 99.9 cm³/mol. The monoisotopic (exact) mass is 363 g/mol. The molecule has 4 aromatic rings.